The first-order valence-electron chi connectivity index (χ1n) is 7.39. The van der Waals surface area contributed by atoms with Crippen LogP contribution in [-0.4, -0.2) is 40.5 Å². The fourth-order valence-electron chi connectivity index (χ4n) is 2.87. The normalized spacial score (nSPS) is 14.8. The number of aromatic amines is 1. The number of carbonyl (C=O) groups is 1. The van der Waals surface area contributed by atoms with Crippen molar-refractivity contribution in [3.05, 3.63) is 46.2 Å². The fourth-order valence-corrected chi connectivity index (χ4v) is 2.87. The standard InChI is InChI=1S/C16H19N3O2.ClH/c1-2-19(18-9-5-6-10-18)16(21)14-11-15(20)12-7-3-4-8-13(12)17-14;/h3-4,7-8,11H,2,5-6,9-10H2,1H3,(H,17,20);1H. The van der Waals surface area contributed by atoms with Crippen molar-refractivity contribution in [3.8, 4) is 0 Å². The van der Waals surface area contributed by atoms with Crippen LogP contribution in [0.1, 0.15) is 30.3 Å². The number of nitrogens with one attached hydrogen (secondary N) is 1. The van der Waals surface area contributed by atoms with Crippen LogP contribution >= 0.6 is 12.4 Å². The Balaban J connectivity index is 0.00000176. The summed E-state index contributed by atoms with van der Waals surface area (Å²) in [5, 5.41) is 4.40. The molecule has 0 radical (unpaired) electrons. The molecule has 1 N–H and O–H groups in total. The van der Waals surface area contributed by atoms with Gasteiger partial charge in [0.2, 0.25) is 0 Å². The zero-order valence-electron chi connectivity index (χ0n) is 12.5. The van der Waals surface area contributed by atoms with Crippen molar-refractivity contribution in [1.29, 1.82) is 0 Å². The zero-order chi connectivity index (χ0) is 14.8. The Morgan fingerprint density at radius 3 is 2.64 bits per heavy atom. The molecule has 0 bridgehead atoms. The van der Waals surface area contributed by atoms with Crippen LogP contribution in [0.2, 0.25) is 0 Å². The highest BCUT2D eigenvalue weighted by Gasteiger charge is 2.24. The summed E-state index contributed by atoms with van der Waals surface area (Å²) in [6, 6.07) is 8.66. The molecule has 2 aromatic rings. The van der Waals surface area contributed by atoms with Gasteiger partial charge in [-0.25, -0.2) is 5.01 Å². The minimum atomic E-state index is -0.137. The van der Waals surface area contributed by atoms with Gasteiger partial charge in [0.25, 0.3) is 5.91 Å². The van der Waals surface area contributed by atoms with E-state index < -0.39 is 0 Å². The second-order valence-corrected chi connectivity index (χ2v) is 5.27. The first kappa shape index (κ1) is 16.5. The molecule has 5 nitrogen and oxygen atoms in total. The Morgan fingerprint density at radius 2 is 1.95 bits per heavy atom. The number of halogens is 1. The summed E-state index contributed by atoms with van der Waals surface area (Å²) < 4.78 is 0. The molecule has 1 aromatic heterocycles. The lowest BCUT2D eigenvalue weighted by atomic mass is 10.2. The minimum Gasteiger partial charge on any atom is -0.350 e. The van der Waals surface area contributed by atoms with Crippen molar-refractivity contribution in [2.45, 2.75) is 19.8 Å². The van der Waals surface area contributed by atoms with Crippen molar-refractivity contribution in [2.24, 2.45) is 0 Å². The molecule has 1 fully saturated rings. The number of fused-ring (bicyclic) bond motifs is 1. The predicted octanol–water partition coefficient (Wildman–Crippen LogP) is 2.42. The fraction of sp³-hybridized carbons (Fsp3) is 0.375. The number of pyridine rings is 1. The molecule has 1 saturated heterocycles. The number of hydrogen-bond acceptors (Lipinski definition) is 3. The average molecular weight is 322 g/mol. The van der Waals surface area contributed by atoms with Gasteiger partial charge in [0.05, 0.1) is 0 Å². The highest BCUT2D eigenvalue weighted by atomic mass is 35.5. The second kappa shape index (κ2) is 6.94. The van der Waals surface area contributed by atoms with Crippen LogP contribution < -0.4 is 5.43 Å². The molecule has 22 heavy (non-hydrogen) atoms. The Bertz CT molecular complexity index is 723. The van der Waals surface area contributed by atoms with Gasteiger partial charge >= 0.3 is 0 Å². The molecular formula is C16H20ClN3O2. The van der Waals surface area contributed by atoms with Gasteiger partial charge in [-0.05, 0) is 31.9 Å². The highest BCUT2D eigenvalue weighted by molar-refractivity contribution is 5.94. The third kappa shape index (κ3) is 3.00. The van der Waals surface area contributed by atoms with E-state index in [0.717, 1.165) is 25.9 Å². The van der Waals surface area contributed by atoms with Gasteiger partial charge in [-0.15, -0.1) is 12.4 Å². The molecule has 0 saturated carbocycles. The summed E-state index contributed by atoms with van der Waals surface area (Å²) in [6.45, 7) is 4.36. The number of benzene rings is 1. The maximum absolute atomic E-state index is 12.7. The number of hydrazine groups is 1. The van der Waals surface area contributed by atoms with Gasteiger partial charge in [-0.3, -0.25) is 14.6 Å². The van der Waals surface area contributed by atoms with Gasteiger partial charge in [0.1, 0.15) is 5.69 Å². The molecule has 6 heteroatoms. The molecule has 1 amide bonds. The van der Waals surface area contributed by atoms with Crippen LogP contribution in [0.25, 0.3) is 10.9 Å². The Hall–Kier alpha value is -1.85. The van der Waals surface area contributed by atoms with Crippen LogP contribution in [0.4, 0.5) is 0 Å². The lowest BCUT2D eigenvalue weighted by Gasteiger charge is -2.30. The van der Waals surface area contributed by atoms with E-state index in [9.17, 15) is 9.59 Å². The average Bonchev–Trinajstić information content (AvgIpc) is 3.02. The Kier molecular flexibility index (Phi) is 5.21. The number of para-hydroxylation sites is 1. The molecule has 2 heterocycles. The summed E-state index contributed by atoms with van der Waals surface area (Å²) in [5.41, 5.74) is 0.934. The number of amides is 1. The number of H-pyrrole nitrogens is 1. The quantitative estimate of drug-likeness (QED) is 0.944. The Morgan fingerprint density at radius 1 is 1.27 bits per heavy atom. The molecule has 0 unspecified atom stereocenters. The van der Waals surface area contributed by atoms with Crippen LogP contribution in [0.3, 0.4) is 0 Å². The number of aromatic nitrogens is 1. The van der Waals surface area contributed by atoms with Crippen molar-refractivity contribution in [2.75, 3.05) is 19.6 Å². The van der Waals surface area contributed by atoms with E-state index in [-0.39, 0.29) is 23.7 Å². The minimum absolute atomic E-state index is 0. The molecule has 0 aliphatic carbocycles. The first-order valence-corrected chi connectivity index (χ1v) is 7.39. The summed E-state index contributed by atoms with van der Waals surface area (Å²) in [6.07, 6.45) is 2.22. The molecular weight excluding hydrogens is 302 g/mol. The van der Waals surface area contributed by atoms with Gasteiger partial charge in [0, 0.05) is 36.6 Å². The monoisotopic (exact) mass is 321 g/mol. The third-order valence-corrected chi connectivity index (χ3v) is 3.93. The lowest BCUT2D eigenvalue weighted by molar-refractivity contribution is 0.00685. The summed E-state index contributed by atoms with van der Waals surface area (Å²) >= 11 is 0. The van der Waals surface area contributed by atoms with E-state index in [1.54, 1.807) is 11.1 Å². The van der Waals surface area contributed by atoms with E-state index in [1.165, 1.54) is 6.07 Å². The van der Waals surface area contributed by atoms with Crippen LogP contribution in [-0.2, 0) is 0 Å². The second-order valence-electron chi connectivity index (χ2n) is 5.27. The van der Waals surface area contributed by atoms with Crippen LogP contribution in [0.15, 0.2) is 35.1 Å². The van der Waals surface area contributed by atoms with Crippen molar-refractivity contribution in [3.63, 3.8) is 0 Å². The summed E-state index contributed by atoms with van der Waals surface area (Å²) in [7, 11) is 0. The molecule has 0 spiro atoms. The molecule has 3 rings (SSSR count). The van der Waals surface area contributed by atoms with Gasteiger partial charge < -0.3 is 4.98 Å². The van der Waals surface area contributed by atoms with E-state index >= 15 is 0 Å². The molecule has 1 aromatic carbocycles. The summed E-state index contributed by atoms with van der Waals surface area (Å²) in [5.74, 6) is -0.137. The smallest absolute Gasteiger partial charge is 0.284 e. The van der Waals surface area contributed by atoms with Crippen molar-refractivity contribution in [1.82, 2.24) is 15.0 Å². The zero-order valence-corrected chi connectivity index (χ0v) is 13.4. The van der Waals surface area contributed by atoms with Gasteiger partial charge in [-0.2, -0.15) is 0 Å². The SMILES string of the molecule is CCN(C(=O)c1cc(=O)c2ccccc2[nH]1)N1CCCC1.Cl. The van der Waals surface area contributed by atoms with E-state index in [1.807, 2.05) is 25.1 Å². The molecule has 118 valence electrons. The van der Waals surface area contributed by atoms with Crippen molar-refractivity contribution >= 4 is 29.2 Å². The maximum atomic E-state index is 12.7. The number of nitrogens with zero attached hydrogens (tertiary/aromatic N) is 2. The van der Waals surface area contributed by atoms with Gasteiger partial charge in [-0.1, -0.05) is 12.1 Å². The highest BCUT2D eigenvalue weighted by Crippen LogP contribution is 2.14. The number of hydrogen-bond donors (Lipinski definition) is 1. The number of rotatable bonds is 3. The van der Waals surface area contributed by atoms with Gasteiger partial charge in [0.15, 0.2) is 5.43 Å². The van der Waals surface area contributed by atoms with Crippen LogP contribution in [0.5, 0.6) is 0 Å². The largest absolute Gasteiger partial charge is 0.350 e. The van der Waals surface area contributed by atoms with E-state index in [4.69, 9.17) is 0 Å². The first-order chi connectivity index (χ1) is 10.2. The molecule has 1 aliphatic rings. The van der Waals surface area contributed by atoms with Crippen molar-refractivity contribution < 1.29 is 4.79 Å². The lowest BCUT2D eigenvalue weighted by Crippen LogP contribution is -2.45. The molecule has 1 aliphatic heterocycles. The number of carbonyl (C=O) groups excluding carboxylic acids is 1. The maximum Gasteiger partial charge on any atom is 0.284 e. The van der Waals surface area contributed by atoms with E-state index in [2.05, 4.69) is 9.99 Å². The Labute approximate surface area is 135 Å². The molecule has 0 atom stereocenters. The van der Waals surface area contributed by atoms with Crippen LogP contribution in [0, 0.1) is 0 Å². The summed E-state index contributed by atoms with van der Waals surface area (Å²) in [4.78, 5) is 27.9. The third-order valence-electron chi connectivity index (χ3n) is 3.93. The van der Waals surface area contributed by atoms with E-state index in [0.29, 0.717) is 23.1 Å². The predicted molar refractivity (Wildman–Crippen MR) is 89.3 cm³/mol. The topological polar surface area (TPSA) is 56.4 Å².